The highest BCUT2D eigenvalue weighted by Gasteiger charge is 2.29. The fourth-order valence-corrected chi connectivity index (χ4v) is 3.94. The molecular weight excluding hydrogens is 274 g/mol. The third kappa shape index (κ3) is 3.53. The Hall–Kier alpha value is -0.910. The highest BCUT2D eigenvalue weighted by atomic mass is 15.3. The van der Waals surface area contributed by atoms with E-state index in [9.17, 15) is 0 Å². The Labute approximate surface area is 133 Å². The summed E-state index contributed by atoms with van der Waals surface area (Å²) in [5.74, 6) is 2.96. The number of imidazole rings is 1. The Bertz CT molecular complexity index is 487. The van der Waals surface area contributed by atoms with Gasteiger partial charge in [-0.2, -0.15) is 0 Å². The second-order valence-electron chi connectivity index (χ2n) is 7.60. The zero-order valence-corrected chi connectivity index (χ0v) is 13.8. The molecule has 0 spiro atoms. The SMILES string of the molecule is CN1CCN(CC2CN(CC3CC3)Cc3nccn3C2)CC1. The first-order chi connectivity index (χ1) is 10.8. The molecule has 1 saturated carbocycles. The van der Waals surface area contributed by atoms with Gasteiger partial charge in [0.25, 0.3) is 0 Å². The number of aromatic nitrogens is 2. The summed E-state index contributed by atoms with van der Waals surface area (Å²) in [4.78, 5) is 12.4. The van der Waals surface area contributed by atoms with Gasteiger partial charge in [-0.15, -0.1) is 0 Å². The fourth-order valence-electron chi connectivity index (χ4n) is 3.94. The van der Waals surface area contributed by atoms with Gasteiger partial charge < -0.3 is 14.4 Å². The van der Waals surface area contributed by atoms with Crippen LogP contribution in [0.4, 0.5) is 0 Å². The predicted octanol–water partition coefficient (Wildman–Crippen LogP) is 0.972. The van der Waals surface area contributed by atoms with Crippen LogP contribution in [0.25, 0.3) is 0 Å². The van der Waals surface area contributed by atoms with Crippen LogP contribution in [-0.2, 0) is 13.1 Å². The molecule has 3 heterocycles. The molecule has 2 fully saturated rings. The highest BCUT2D eigenvalue weighted by Crippen LogP contribution is 2.31. The van der Waals surface area contributed by atoms with Gasteiger partial charge in [-0.3, -0.25) is 4.90 Å². The lowest BCUT2D eigenvalue weighted by molar-refractivity contribution is 0.117. The Balaban J connectivity index is 1.41. The summed E-state index contributed by atoms with van der Waals surface area (Å²) in [6, 6.07) is 0. The van der Waals surface area contributed by atoms with Gasteiger partial charge in [0.2, 0.25) is 0 Å². The molecule has 5 nitrogen and oxygen atoms in total. The van der Waals surface area contributed by atoms with E-state index in [1.54, 1.807) is 0 Å². The zero-order chi connectivity index (χ0) is 14.9. The number of likely N-dealkylation sites (N-methyl/N-ethyl adjacent to an activating group) is 1. The van der Waals surface area contributed by atoms with Crippen molar-refractivity contribution in [1.82, 2.24) is 24.3 Å². The molecule has 0 N–H and O–H groups in total. The van der Waals surface area contributed by atoms with Crippen LogP contribution in [0.15, 0.2) is 12.4 Å². The molecule has 1 unspecified atom stereocenters. The molecule has 3 aliphatic rings. The monoisotopic (exact) mass is 303 g/mol. The van der Waals surface area contributed by atoms with E-state index in [2.05, 4.69) is 37.5 Å². The molecule has 122 valence electrons. The zero-order valence-electron chi connectivity index (χ0n) is 13.8. The van der Waals surface area contributed by atoms with Crippen molar-refractivity contribution in [1.29, 1.82) is 0 Å². The molecule has 0 radical (unpaired) electrons. The lowest BCUT2D eigenvalue weighted by Crippen LogP contribution is -2.47. The molecule has 0 aromatic carbocycles. The largest absolute Gasteiger partial charge is 0.333 e. The minimum Gasteiger partial charge on any atom is -0.333 e. The second kappa shape index (κ2) is 6.30. The molecule has 5 heteroatoms. The highest BCUT2D eigenvalue weighted by molar-refractivity contribution is 4.97. The average molecular weight is 303 g/mol. The van der Waals surface area contributed by atoms with Crippen molar-refractivity contribution in [2.24, 2.45) is 11.8 Å². The van der Waals surface area contributed by atoms with Crippen molar-refractivity contribution in [3.05, 3.63) is 18.2 Å². The summed E-state index contributed by atoms with van der Waals surface area (Å²) in [7, 11) is 2.23. The van der Waals surface area contributed by atoms with Crippen molar-refractivity contribution in [2.45, 2.75) is 25.9 Å². The minimum atomic E-state index is 0.734. The van der Waals surface area contributed by atoms with E-state index in [1.165, 1.54) is 64.5 Å². The van der Waals surface area contributed by atoms with E-state index in [0.717, 1.165) is 24.9 Å². The standard InChI is InChI=1S/C17H29N5/c1-19-6-8-20(9-7-19)11-16-12-21(10-15-2-3-15)14-17-18-4-5-22(17)13-16/h4-5,15-16H,2-3,6-14H2,1H3. The summed E-state index contributed by atoms with van der Waals surface area (Å²) >= 11 is 0. The number of hydrogen-bond donors (Lipinski definition) is 0. The summed E-state index contributed by atoms with van der Waals surface area (Å²) in [5.41, 5.74) is 0. The van der Waals surface area contributed by atoms with Gasteiger partial charge >= 0.3 is 0 Å². The van der Waals surface area contributed by atoms with Crippen molar-refractivity contribution in [3.8, 4) is 0 Å². The fraction of sp³-hybridized carbons (Fsp3) is 0.824. The van der Waals surface area contributed by atoms with Crippen LogP contribution in [-0.4, -0.2) is 77.1 Å². The van der Waals surface area contributed by atoms with E-state index in [1.807, 2.05) is 6.20 Å². The van der Waals surface area contributed by atoms with Gasteiger partial charge in [-0.1, -0.05) is 0 Å². The molecule has 1 saturated heterocycles. The first-order valence-corrected chi connectivity index (χ1v) is 8.89. The quantitative estimate of drug-likeness (QED) is 0.828. The molecule has 1 aromatic rings. The van der Waals surface area contributed by atoms with Gasteiger partial charge in [-0.05, 0) is 25.8 Å². The predicted molar refractivity (Wildman–Crippen MR) is 87.7 cm³/mol. The van der Waals surface area contributed by atoms with Crippen molar-refractivity contribution in [2.75, 3.05) is 52.9 Å². The molecule has 2 aliphatic heterocycles. The lowest BCUT2D eigenvalue weighted by Gasteiger charge is -2.35. The van der Waals surface area contributed by atoms with Crippen LogP contribution in [0.1, 0.15) is 18.7 Å². The van der Waals surface area contributed by atoms with Crippen LogP contribution in [0.5, 0.6) is 0 Å². The van der Waals surface area contributed by atoms with E-state index >= 15 is 0 Å². The van der Waals surface area contributed by atoms with E-state index in [-0.39, 0.29) is 0 Å². The van der Waals surface area contributed by atoms with Gasteiger partial charge in [0.05, 0.1) is 6.54 Å². The summed E-state index contributed by atoms with van der Waals surface area (Å²) in [6.45, 7) is 10.8. The second-order valence-corrected chi connectivity index (χ2v) is 7.60. The van der Waals surface area contributed by atoms with Crippen molar-refractivity contribution < 1.29 is 0 Å². The summed E-state index contributed by atoms with van der Waals surface area (Å²) in [5, 5.41) is 0. The summed E-state index contributed by atoms with van der Waals surface area (Å²) < 4.78 is 2.40. The van der Waals surface area contributed by atoms with Gasteiger partial charge in [0.1, 0.15) is 5.82 Å². The molecular formula is C17H29N5. The molecule has 0 amide bonds. The van der Waals surface area contributed by atoms with Crippen molar-refractivity contribution >= 4 is 0 Å². The van der Waals surface area contributed by atoms with Crippen LogP contribution >= 0.6 is 0 Å². The van der Waals surface area contributed by atoms with Crippen LogP contribution in [0, 0.1) is 11.8 Å². The Morgan fingerprint density at radius 3 is 2.55 bits per heavy atom. The lowest BCUT2D eigenvalue weighted by atomic mass is 10.1. The molecule has 1 aromatic heterocycles. The topological polar surface area (TPSA) is 27.5 Å². The maximum absolute atomic E-state index is 4.59. The number of rotatable bonds is 4. The maximum atomic E-state index is 4.59. The van der Waals surface area contributed by atoms with Crippen LogP contribution in [0.2, 0.25) is 0 Å². The maximum Gasteiger partial charge on any atom is 0.122 e. The summed E-state index contributed by atoms with van der Waals surface area (Å²) in [6.07, 6.45) is 7.03. The van der Waals surface area contributed by atoms with Crippen LogP contribution in [0.3, 0.4) is 0 Å². The molecule has 1 atom stereocenters. The third-order valence-electron chi connectivity index (χ3n) is 5.46. The van der Waals surface area contributed by atoms with E-state index < -0.39 is 0 Å². The van der Waals surface area contributed by atoms with E-state index in [0.29, 0.717) is 0 Å². The molecule has 22 heavy (non-hydrogen) atoms. The number of fused-ring (bicyclic) bond motifs is 1. The smallest absolute Gasteiger partial charge is 0.122 e. The molecule has 1 aliphatic carbocycles. The average Bonchev–Trinajstić information content (AvgIpc) is 3.24. The first-order valence-electron chi connectivity index (χ1n) is 8.89. The normalized spacial score (nSPS) is 28.5. The molecule has 4 rings (SSSR count). The molecule has 0 bridgehead atoms. The van der Waals surface area contributed by atoms with Crippen LogP contribution < -0.4 is 0 Å². The number of nitrogens with zero attached hydrogens (tertiary/aromatic N) is 5. The minimum absolute atomic E-state index is 0.734. The number of hydrogen-bond acceptors (Lipinski definition) is 4. The van der Waals surface area contributed by atoms with Gasteiger partial charge in [-0.25, -0.2) is 4.98 Å². The van der Waals surface area contributed by atoms with Gasteiger partial charge in [0.15, 0.2) is 0 Å². The number of piperazine rings is 1. The Kier molecular flexibility index (Phi) is 4.20. The Morgan fingerprint density at radius 2 is 1.77 bits per heavy atom. The van der Waals surface area contributed by atoms with E-state index in [4.69, 9.17) is 0 Å². The van der Waals surface area contributed by atoms with Crippen molar-refractivity contribution in [3.63, 3.8) is 0 Å². The Morgan fingerprint density at radius 1 is 1.00 bits per heavy atom. The first kappa shape index (κ1) is 14.7. The third-order valence-corrected chi connectivity index (χ3v) is 5.46. The van der Waals surface area contributed by atoms with Gasteiger partial charge in [0, 0.05) is 70.7 Å².